The van der Waals surface area contributed by atoms with Crippen molar-refractivity contribution in [3.05, 3.63) is 29.3 Å². The lowest BCUT2D eigenvalue weighted by molar-refractivity contribution is -0.0159. The molecule has 1 aliphatic rings. The number of methoxy groups -OCH3 is 1. The standard InChI is InChI=1S/C14H18N2O2S/c1-17-14(6-7-18-10-14)9-15-8-13-16-11-4-2-3-5-12(11)19-13/h2-5,15H,6-10H2,1H3. The summed E-state index contributed by atoms with van der Waals surface area (Å²) in [7, 11) is 1.76. The average molecular weight is 278 g/mol. The van der Waals surface area contributed by atoms with Crippen molar-refractivity contribution >= 4 is 21.6 Å². The van der Waals surface area contributed by atoms with Gasteiger partial charge in [0.2, 0.25) is 0 Å². The third-order valence-electron chi connectivity index (χ3n) is 3.56. The molecule has 4 nitrogen and oxygen atoms in total. The van der Waals surface area contributed by atoms with Crippen LogP contribution in [0, 0.1) is 0 Å². The number of fused-ring (bicyclic) bond motifs is 1. The number of ether oxygens (including phenoxy) is 2. The molecule has 0 bridgehead atoms. The van der Waals surface area contributed by atoms with Crippen LogP contribution in [0.3, 0.4) is 0 Å². The SMILES string of the molecule is COC1(CNCc2nc3ccccc3s2)CCOC1. The Morgan fingerprint density at radius 2 is 2.37 bits per heavy atom. The van der Waals surface area contributed by atoms with Gasteiger partial charge in [0.15, 0.2) is 0 Å². The molecule has 102 valence electrons. The van der Waals surface area contributed by atoms with Crippen LogP contribution in [0.5, 0.6) is 0 Å². The summed E-state index contributed by atoms with van der Waals surface area (Å²) < 4.78 is 12.3. The monoisotopic (exact) mass is 278 g/mol. The maximum absolute atomic E-state index is 5.59. The van der Waals surface area contributed by atoms with Gasteiger partial charge in [-0.2, -0.15) is 0 Å². The Labute approximate surface area is 116 Å². The number of thiazole rings is 1. The molecule has 1 aromatic carbocycles. The van der Waals surface area contributed by atoms with E-state index in [-0.39, 0.29) is 5.60 Å². The molecule has 2 aromatic rings. The molecular formula is C14H18N2O2S. The lowest BCUT2D eigenvalue weighted by Gasteiger charge is -2.25. The second-order valence-corrected chi connectivity index (χ2v) is 5.98. The maximum Gasteiger partial charge on any atom is 0.108 e. The minimum Gasteiger partial charge on any atom is -0.378 e. The predicted molar refractivity (Wildman–Crippen MR) is 76.5 cm³/mol. The second-order valence-electron chi connectivity index (χ2n) is 4.87. The van der Waals surface area contributed by atoms with Crippen molar-refractivity contribution < 1.29 is 9.47 Å². The van der Waals surface area contributed by atoms with E-state index in [2.05, 4.69) is 22.4 Å². The van der Waals surface area contributed by atoms with Crippen LogP contribution in [0.4, 0.5) is 0 Å². The van der Waals surface area contributed by atoms with E-state index < -0.39 is 0 Å². The molecule has 0 radical (unpaired) electrons. The lowest BCUT2D eigenvalue weighted by atomic mass is 10.0. The van der Waals surface area contributed by atoms with E-state index in [1.54, 1.807) is 18.4 Å². The van der Waals surface area contributed by atoms with Crippen molar-refractivity contribution in [2.45, 2.75) is 18.6 Å². The molecular weight excluding hydrogens is 260 g/mol. The van der Waals surface area contributed by atoms with Gasteiger partial charge in [0.05, 0.1) is 16.8 Å². The van der Waals surface area contributed by atoms with Crippen molar-refractivity contribution in [2.24, 2.45) is 0 Å². The Kier molecular flexibility index (Phi) is 3.79. The van der Waals surface area contributed by atoms with Crippen LogP contribution in [0.1, 0.15) is 11.4 Å². The molecule has 2 heterocycles. The molecule has 0 saturated carbocycles. The van der Waals surface area contributed by atoms with Gasteiger partial charge in [-0.1, -0.05) is 12.1 Å². The highest BCUT2D eigenvalue weighted by Gasteiger charge is 2.34. The van der Waals surface area contributed by atoms with E-state index in [0.29, 0.717) is 6.61 Å². The van der Waals surface area contributed by atoms with E-state index in [1.807, 2.05) is 12.1 Å². The molecule has 1 saturated heterocycles. The first-order valence-corrected chi connectivity index (χ1v) is 7.31. The summed E-state index contributed by atoms with van der Waals surface area (Å²) in [4.78, 5) is 4.61. The van der Waals surface area contributed by atoms with Crippen LogP contribution in [0.15, 0.2) is 24.3 Å². The predicted octanol–water partition coefficient (Wildman–Crippen LogP) is 2.19. The van der Waals surface area contributed by atoms with Crippen LogP contribution in [-0.4, -0.2) is 37.5 Å². The van der Waals surface area contributed by atoms with Crippen molar-refractivity contribution in [1.82, 2.24) is 10.3 Å². The first kappa shape index (κ1) is 13.0. The molecule has 19 heavy (non-hydrogen) atoms. The first-order chi connectivity index (χ1) is 9.31. The molecule has 1 atom stereocenters. The minimum absolute atomic E-state index is 0.156. The molecule has 0 aliphatic carbocycles. The number of hydrogen-bond acceptors (Lipinski definition) is 5. The van der Waals surface area contributed by atoms with Gasteiger partial charge >= 0.3 is 0 Å². The van der Waals surface area contributed by atoms with Gasteiger partial charge in [-0.05, 0) is 12.1 Å². The van der Waals surface area contributed by atoms with E-state index in [9.17, 15) is 0 Å². The second kappa shape index (κ2) is 5.54. The molecule has 5 heteroatoms. The van der Waals surface area contributed by atoms with Crippen LogP contribution < -0.4 is 5.32 Å². The average Bonchev–Trinajstić information content (AvgIpc) is 3.05. The summed E-state index contributed by atoms with van der Waals surface area (Å²) in [5.74, 6) is 0. The van der Waals surface area contributed by atoms with Gasteiger partial charge in [0, 0.05) is 33.2 Å². The summed E-state index contributed by atoms with van der Waals surface area (Å²) in [5.41, 5.74) is 0.923. The quantitative estimate of drug-likeness (QED) is 0.910. The molecule has 1 aromatic heterocycles. The smallest absolute Gasteiger partial charge is 0.108 e. The van der Waals surface area contributed by atoms with E-state index >= 15 is 0 Å². The number of nitrogens with zero attached hydrogens (tertiary/aromatic N) is 1. The zero-order chi connectivity index (χ0) is 13.1. The van der Waals surface area contributed by atoms with Crippen molar-refractivity contribution in [1.29, 1.82) is 0 Å². The minimum atomic E-state index is -0.156. The molecule has 0 spiro atoms. The van der Waals surface area contributed by atoms with Gasteiger partial charge in [-0.15, -0.1) is 11.3 Å². The normalized spacial score (nSPS) is 23.2. The molecule has 3 rings (SSSR count). The molecule has 1 unspecified atom stereocenters. The Morgan fingerprint density at radius 3 is 3.11 bits per heavy atom. The highest BCUT2D eigenvalue weighted by molar-refractivity contribution is 7.18. The van der Waals surface area contributed by atoms with Crippen molar-refractivity contribution in [3.63, 3.8) is 0 Å². The summed E-state index contributed by atoms with van der Waals surface area (Å²) in [5, 5.41) is 4.56. The Bertz CT molecular complexity index is 516. The van der Waals surface area contributed by atoms with Crippen molar-refractivity contribution in [2.75, 3.05) is 26.9 Å². The lowest BCUT2D eigenvalue weighted by Crippen LogP contribution is -2.42. The zero-order valence-corrected chi connectivity index (χ0v) is 11.8. The number of nitrogens with one attached hydrogen (secondary N) is 1. The topological polar surface area (TPSA) is 43.4 Å². The Morgan fingerprint density at radius 1 is 1.47 bits per heavy atom. The van der Waals surface area contributed by atoms with Crippen LogP contribution in [-0.2, 0) is 16.0 Å². The van der Waals surface area contributed by atoms with Gasteiger partial charge in [-0.3, -0.25) is 0 Å². The summed E-state index contributed by atoms with van der Waals surface area (Å²) in [6.45, 7) is 3.05. The van der Waals surface area contributed by atoms with Gasteiger partial charge in [0.1, 0.15) is 10.6 Å². The highest BCUT2D eigenvalue weighted by Crippen LogP contribution is 2.23. The fourth-order valence-corrected chi connectivity index (χ4v) is 3.29. The largest absolute Gasteiger partial charge is 0.378 e. The Balaban J connectivity index is 1.60. The van der Waals surface area contributed by atoms with Gasteiger partial charge in [0.25, 0.3) is 0 Å². The Hall–Kier alpha value is -1.01. The van der Waals surface area contributed by atoms with E-state index in [4.69, 9.17) is 9.47 Å². The third kappa shape index (κ3) is 2.79. The molecule has 1 N–H and O–H groups in total. The first-order valence-electron chi connectivity index (χ1n) is 6.49. The number of aromatic nitrogens is 1. The van der Waals surface area contributed by atoms with Crippen LogP contribution in [0.25, 0.3) is 10.2 Å². The number of benzene rings is 1. The van der Waals surface area contributed by atoms with Crippen LogP contribution >= 0.6 is 11.3 Å². The summed E-state index contributed by atoms with van der Waals surface area (Å²) >= 11 is 1.74. The van der Waals surface area contributed by atoms with Gasteiger partial charge in [-0.25, -0.2) is 4.98 Å². The number of hydrogen-bond donors (Lipinski definition) is 1. The highest BCUT2D eigenvalue weighted by atomic mass is 32.1. The molecule has 0 amide bonds. The van der Waals surface area contributed by atoms with E-state index in [1.165, 1.54) is 4.70 Å². The van der Waals surface area contributed by atoms with Gasteiger partial charge < -0.3 is 14.8 Å². The maximum atomic E-state index is 5.59. The van der Waals surface area contributed by atoms with Crippen molar-refractivity contribution in [3.8, 4) is 0 Å². The fraction of sp³-hybridized carbons (Fsp3) is 0.500. The van der Waals surface area contributed by atoms with E-state index in [0.717, 1.165) is 36.6 Å². The van der Waals surface area contributed by atoms with Crippen LogP contribution in [0.2, 0.25) is 0 Å². The molecule has 1 aliphatic heterocycles. The third-order valence-corrected chi connectivity index (χ3v) is 4.60. The molecule has 1 fully saturated rings. The number of rotatable bonds is 5. The zero-order valence-electron chi connectivity index (χ0n) is 11.0. The summed E-state index contributed by atoms with van der Waals surface area (Å²) in [6, 6.07) is 8.23. The number of para-hydroxylation sites is 1. The summed E-state index contributed by atoms with van der Waals surface area (Å²) in [6.07, 6.45) is 0.955. The fourth-order valence-electron chi connectivity index (χ4n) is 2.35.